The highest BCUT2D eigenvalue weighted by molar-refractivity contribution is 6.31. The Bertz CT molecular complexity index is 946. The van der Waals surface area contributed by atoms with Crippen LogP contribution in [-0.4, -0.2) is 56.2 Å². The summed E-state index contributed by atoms with van der Waals surface area (Å²) in [5, 5.41) is 3.45. The van der Waals surface area contributed by atoms with Crippen LogP contribution < -0.4 is 14.8 Å². The Morgan fingerprint density at radius 2 is 1.94 bits per heavy atom. The number of carbonyl (C=O) groups is 2. The molecule has 0 aliphatic carbocycles. The molecule has 1 fully saturated rings. The molecule has 8 heteroatoms. The van der Waals surface area contributed by atoms with Crippen LogP contribution in [0.1, 0.15) is 35.7 Å². The molecule has 0 unspecified atom stereocenters. The van der Waals surface area contributed by atoms with E-state index in [-0.39, 0.29) is 24.5 Å². The van der Waals surface area contributed by atoms with Crippen molar-refractivity contribution in [1.29, 1.82) is 0 Å². The molecule has 1 aliphatic rings. The predicted octanol–water partition coefficient (Wildman–Crippen LogP) is 3.68. The van der Waals surface area contributed by atoms with E-state index in [0.717, 1.165) is 18.4 Å². The van der Waals surface area contributed by atoms with Crippen LogP contribution in [0.15, 0.2) is 42.5 Å². The zero-order valence-corrected chi connectivity index (χ0v) is 19.4. The first-order chi connectivity index (χ1) is 15.4. The van der Waals surface area contributed by atoms with Gasteiger partial charge in [0.05, 0.1) is 20.3 Å². The van der Waals surface area contributed by atoms with E-state index in [9.17, 15) is 9.59 Å². The molecule has 0 radical (unpaired) electrons. The number of hydrogen-bond donors (Lipinski definition) is 1. The third-order valence-corrected chi connectivity index (χ3v) is 5.93. The topological polar surface area (TPSA) is 77.1 Å². The fraction of sp³-hybridized carbons (Fsp3) is 0.417. The van der Waals surface area contributed by atoms with Gasteiger partial charge < -0.3 is 24.4 Å². The fourth-order valence-corrected chi connectivity index (χ4v) is 3.83. The zero-order valence-electron chi connectivity index (χ0n) is 18.6. The number of amides is 2. The van der Waals surface area contributed by atoms with E-state index in [4.69, 9.17) is 25.8 Å². The third-order valence-electron chi connectivity index (χ3n) is 5.56. The van der Waals surface area contributed by atoms with Gasteiger partial charge in [-0.15, -0.1) is 0 Å². The maximum atomic E-state index is 13.5. The van der Waals surface area contributed by atoms with E-state index in [1.54, 1.807) is 31.2 Å². The minimum atomic E-state index is -0.728. The summed E-state index contributed by atoms with van der Waals surface area (Å²) in [5.74, 6) is 0.391. The molecular weight excluding hydrogens is 432 g/mol. The monoisotopic (exact) mass is 460 g/mol. The molecule has 2 aromatic rings. The van der Waals surface area contributed by atoms with Crippen molar-refractivity contribution in [3.63, 3.8) is 0 Å². The standard InChI is InChI=1S/C24H29ClN2O5/c1-16(23(28)26-14-19-8-6-12-32-19)27(15-18-7-4-5-9-20(18)25)24(29)17-10-11-21(30-2)22(13-17)31-3/h4-5,7,9-11,13,16,19H,6,8,12,14-15H2,1-3H3,(H,26,28)/t16-,19-/m0/s1. The van der Waals surface area contributed by atoms with Crippen molar-refractivity contribution in [3.8, 4) is 11.5 Å². The molecule has 1 saturated heterocycles. The van der Waals surface area contributed by atoms with Crippen LogP contribution in [0.3, 0.4) is 0 Å². The van der Waals surface area contributed by atoms with E-state index in [0.29, 0.717) is 35.2 Å². The van der Waals surface area contributed by atoms with Gasteiger partial charge in [0.2, 0.25) is 5.91 Å². The molecule has 1 heterocycles. The van der Waals surface area contributed by atoms with Crippen LogP contribution in [0, 0.1) is 0 Å². The number of ether oxygens (including phenoxy) is 3. The first-order valence-corrected chi connectivity index (χ1v) is 11.0. The SMILES string of the molecule is COc1ccc(C(=O)N(Cc2ccccc2Cl)[C@@H](C)C(=O)NC[C@@H]2CCCO2)cc1OC. The van der Waals surface area contributed by atoms with Gasteiger partial charge in [-0.25, -0.2) is 0 Å². The minimum absolute atomic E-state index is 0.0183. The molecule has 7 nitrogen and oxygen atoms in total. The van der Waals surface area contributed by atoms with Crippen LogP contribution in [0.25, 0.3) is 0 Å². The van der Waals surface area contributed by atoms with Gasteiger partial charge >= 0.3 is 0 Å². The molecular formula is C24H29ClN2O5. The summed E-state index contributed by atoms with van der Waals surface area (Å²) in [6.45, 7) is 3.03. The zero-order chi connectivity index (χ0) is 23.1. The Morgan fingerprint density at radius 1 is 1.19 bits per heavy atom. The van der Waals surface area contributed by atoms with Gasteiger partial charge in [-0.3, -0.25) is 9.59 Å². The summed E-state index contributed by atoms with van der Waals surface area (Å²) in [5.41, 5.74) is 1.13. The number of nitrogens with zero attached hydrogens (tertiary/aromatic N) is 1. The van der Waals surface area contributed by atoms with Gasteiger partial charge in [0, 0.05) is 30.3 Å². The first-order valence-electron chi connectivity index (χ1n) is 10.6. The van der Waals surface area contributed by atoms with Crippen LogP contribution in [-0.2, 0) is 16.1 Å². The fourth-order valence-electron chi connectivity index (χ4n) is 3.64. The molecule has 2 amide bonds. The van der Waals surface area contributed by atoms with Crippen molar-refractivity contribution in [1.82, 2.24) is 10.2 Å². The van der Waals surface area contributed by atoms with Crippen molar-refractivity contribution in [2.24, 2.45) is 0 Å². The smallest absolute Gasteiger partial charge is 0.254 e. The lowest BCUT2D eigenvalue weighted by Crippen LogP contribution is -2.49. The van der Waals surface area contributed by atoms with Crippen LogP contribution >= 0.6 is 11.6 Å². The minimum Gasteiger partial charge on any atom is -0.493 e. The number of hydrogen-bond acceptors (Lipinski definition) is 5. The van der Waals surface area contributed by atoms with Crippen molar-refractivity contribution >= 4 is 23.4 Å². The Balaban J connectivity index is 1.84. The number of nitrogens with one attached hydrogen (secondary N) is 1. The van der Waals surface area contributed by atoms with Crippen molar-refractivity contribution in [3.05, 3.63) is 58.6 Å². The van der Waals surface area contributed by atoms with Gasteiger partial charge in [0.25, 0.3) is 5.91 Å². The summed E-state index contributed by atoms with van der Waals surface area (Å²) in [6, 6.07) is 11.5. The molecule has 2 aromatic carbocycles. The summed E-state index contributed by atoms with van der Waals surface area (Å²) in [4.78, 5) is 28.0. The van der Waals surface area contributed by atoms with Crippen molar-refractivity contribution < 1.29 is 23.8 Å². The molecule has 3 rings (SSSR count). The summed E-state index contributed by atoms with van der Waals surface area (Å²) in [6.07, 6.45) is 1.93. The second-order valence-corrected chi connectivity index (χ2v) is 8.06. The van der Waals surface area contributed by atoms with Crippen LogP contribution in [0.2, 0.25) is 5.02 Å². The number of halogens is 1. The summed E-state index contributed by atoms with van der Waals surface area (Å²) in [7, 11) is 3.04. The highest BCUT2D eigenvalue weighted by Gasteiger charge is 2.29. The number of benzene rings is 2. The molecule has 1 aliphatic heterocycles. The van der Waals surface area contributed by atoms with Gasteiger partial charge in [-0.2, -0.15) is 0 Å². The van der Waals surface area contributed by atoms with Gasteiger partial charge in [-0.1, -0.05) is 29.8 Å². The quantitative estimate of drug-likeness (QED) is 0.617. The molecule has 32 heavy (non-hydrogen) atoms. The Morgan fingerprint density at radius 3 is 2.59 bits per heavy atom. The largest absolute Gasteiger partial charge is 0.493 e. The van der Waals surface area contributed by atoms with Gasteiger partial charge in [0.1, 0.15) is 6.04 Å². The molecule has 1 N–H and O–H groups in total. The second-order valence-electron chi connectivity index (χ2n) is 7.65. The van der Waals surface area contributed by atoms with Crippen molar-refractivity contribution in [2.75, 3.05) is 27.4 Å². The lowest BCUT2D eigenvalue weighted by Gasteiger charge is -2.29. The maximum absolute atomic E-state index is 13.5. The first kappa shape index (κ1) is 23.9. The molecule has 0 aromatic heterocycles. The summed E-state index contributed by atoms with van der Waals surface area (Å²) < 4.78 is 16.2. The van der Waals surface area contributed by atoms with Crippen molar-refractivity contribution in [2.45, 2.75) is 38.5 Å². The van der Waals surface area contributed by atoms with E-state index < -0.39 is 6.04 Å². The lowest BCUT2D eigenvalue weighted by atomic mass is 10.1. The van der Waals surface area contributed by atoms with Crippen LogP contribution in [0.5, 0.6) is 11.5 Å². The number of carbonyl (C=O) groups excluding carboxylic acids is 2. The second kappa shape index (κ2) is 11.2. The predicted molar refractivity (Wildman–Crippen MR) is 122 cm³/mol. The van der Waals surface area contributed by atoms with Gasteiger partial charge in [-0.05, 0) is 49.6 Å². The molecule has 2 atom stereocenters. The maximum Gasteiger partial charge on any atom is 0.254 e. The average molecular weight is 461 g/mol. The summed E-state index contributed by atoms with van der Waals surface area (Å²) >= 11 is 6.35. The lowest BCUT2D eigenvalue weighted by molar-refractivity contribution is -0.125. The Labute approximate surface area is 193 Å². The molecule has 0 bridgehead atoms. The number of rotatable bonds is 9. The number of methoxy groups -OCH3 is 2. The molecule has 0 saturated carbocycles. The average Bonchev–Trinajstić information content (AvgIpc) is 3.34. The highest BCUT2D eigenvalue weighted by atomic mass is 35.5. The van der Waals surface area contributed by atoms with E-state index in [2.05, 4.69) is 5.32 Å². The van der Waals surface area contributed by atoms with Gasteiger partial charge in [0.15, 0.2) is 11.5 Å². The van der Waals surface area contributed by atoms with E-state index in [1.807, 2.05) is 18.2 Å². The van der Waals surface area contributed by atoms with E-state index >= 15 is 0 Å². The van der Waals surface area contributed by atoms with E-state index in [1.165, 1.54) is 19.1 Å². The van der Waals surface area contributed by atoms with Crippen LogP contribution in [0.4, 0.5) is 0 Å². The third kappa shape index (κ3) is 5.72. The highest BCUT2D eigenvalue weighted by Crippen LogP contribution is 2.29. The molecule has 0 spiro atoms. The Kier molecular flexibility index (Phi) is 8.36. The molecule has 172 valence electrons. The Hall–Kier alpha value is -2.77. The normalized spacial score (nSPS) is 16.3.